The average molecular weight is 685 g/mol. The van der Waals surface area contributed by atoms with Gasteiger partial charge in [0, 0.05) is 57.0 Å². The molecule has 0 saturated heterocycles. The Bertz CT molecular complexity index is 3140. The minimum atomic E-state index is -0.286. The molecule has 0 aliphatic rings. The lowest BCUT2D eigenvalue weighted by Gasteiger charge is -2.19. The third kappa shape index (κ3) is 5.23. The summed E-state index contributed by atoms with van der Waals surface area (Å²) in [7, 11) is 0. The van der Waals surface area contributed by atoms with Crippen LogP contribution in [0, 0.1) is 6.57 Å². The van der Waals surface area contributed by atoms with Crippen molar-refractivity contribution < 1.29 is 8.22 Å². The SMILES string of the molecule is [2H]c1c(-c2cccc3c2sc2ccccc23)c([2H])c2c(sc3c([2H])c(-c4nc(-c5ccc([N+]#[C-])cc5)nc(-c5ccc(C(C)(C)C)cc5)n4)c([2H])c([2H])c32)c1[2H]. The molecule has 3 heterocycles. The van der Waals surface area contributed by atoms with Crippen molar-refractivity contribution in [1.29, 1.82) is 0 Å². The Kier molecular flexibility index (Phi) is 5.71. The molecular weight excluding hydrogens is 649 g/mol. The molecule has 0 unspecified atom stereocenters. The van der Waals surface area contributed by atoms with E-state index in [1.165, 1.54) is 0 Å². The van der Waals surface area contributed by atoms with Crippen LogP contribution < -0.4 is 0 Å². The molecule has 0 fully saturated rings. The van der Waals surface area contributed by atoms with E-state index in [9.17, 15) is 8.22 Å². The molecule has 0 atom stereocenters. The lowest BCUT2D eigenvalue weighted by molar-refractivity contribution is 0.590. The first kappa shape index (κ1) is 24.4. The van der Waals surface area contributed by atoms with E-state index in [2.05, 4.69) is 31.7 Å². The molecule has 0 aliphatic heterocycles. The molecule has 238 valence electrons. The molecule has 6 aromatic carbocycles. The summed E-state index contributed by atoms with van der Waals surface area (Å²) in [4.78, 5) is 17.9. The third-order valence-corrected chi connectivity index (χ3v) is 11.0. The van der Waals surface area contributed by atoms with Crippen molar-refractivity contribution in [3.63, 3.8) is 0 Å². The molecule has 0 N–H and O–H groups in total. The predicted molar refractivity (Wildman–Crippen MR) is 212 cm³/mol. The van der Waals surface area contributed by atoms with E-state index < -0.39 is 0 Å². The van der Waals surface area contributed by atoms with Crippen molar-refractivity contribution in [1.82, 2.24) is 15.0 Å². The van der Waals surface area contributed by atoms with Crippen molar-refractivity contribution in [3.05, 3.63) is 144 Å². The highest BCUT2D eigenvalue weighted by molar-refractivity contribution is 7.26. The monoisotopic (exact) mass is 684 g/mol. The second-order valence-corrected chi connectivity index (χ2v) is 15.2. The molecule has 0 radical (unpaired) electrons. The van der Waals surface area contributed by atoms with Crippen LogP contribution in [0.5, 0.6) is 0 Å². The zero-order chi connectivity index (χ0) is 39.2. The van der Waals surface area contributed by atoms with Gasteiger partial charge < -0.3 is 0 Å². The smallest absolute Gasteiger partial charge is 0.187 e. The van der Waals surface area contributed by atoms with Crippen LogP contribution in [0.2, 0.25) is 0 Å². The molecule has 4 nitrogen and oxygen atoms in total. The summed E-state index contributed by atoms with van der Waals surface area (Å²) in [5, 5.41) is 2.59. The van der Waals surface area contributed by atoms with Gasteiger partial charge in [0.1, 0.15) is 0 Å². The minimum Gasteiger partial charge on any atom is -0.238 e. The maximum absolute atomic E-state index is 9.56. The van der Waals surface area contributed by atoms with E-state index in [-0.39, 0.29) is 75.2 Å². The Morgan fingerprint density at radius 1 is 0.560 bits per heavy atom. The van der Waals surface area contributed by atoms with E-state index >= 15 is 0 Å². The summed E-state index contributed by atoms with van der Waals surface area (Å²) in [6.07, 6.45) is 0. The van der Waals surface area contributed by atoms with Gasteiger partial charge in [-0.05, 0) is 46.3 Å². The van der Waals surface area contributed by atoms with Crippen LogP contribution in [-0.4, -0.2) is 15.0 Å². The van der Waals surface area contributed by atoms with Crippen molar-refractivity contribution >= 4 is 68.7 Å². The van der Waals surface area contributed by atoms with E-state index in [0.717, 1.165) is 37.1 Å². The first-order valence-corrected chi connectivity index (χ1v) is 17.7. The molecule has 0 amide bonds. The van der Waals surface area contributed by atoms with Crippen molar-refractivity contribution in [2.75, 3.05) is 0 Å². The zero-order valence-corrected chi connectivity index (χ0v) is 28.9. The van der Waals surface area contributed by atoms with Crippen molar-refractivity contribution in [2.24, 2.45) is 0 Å². The molecule has 6 heteroatoms. The van der Waals surface area contributed by atoms with Gasteiger partial charge in [-0.3, -0.25) is 0 Å². The first-order valence-electron chi connectivity index (χ1n) is 19.1. The maximum Gasteiger partial charge on any atom is 0.187 e. The molecule has 9 rings (SSSR count). The molecule has 0 aliphatic carbocycles. The fourth-order valence-corrected chi connectivity index (χ4v) is 8.32. The van der Waals surface area contributed by atoms with Gasteiger partial charge in [0.05, 0.1) is 14.8 Å². The quantitative estimate of drug-likeness (QED) is 0.173. The van der Waals surface area contributed by atoms with Gasteiger partial charge in [-0.2, -0.15) is 0 Å². The van der Waals surface area contributed by atoms with Crippen LogP contribution in [0.1, 0.15) is 34.6 Å². The molecule has 0 saturated carbocycles. The third-order valence-electron chi connectivity index (χ3n) is 8.81. The van der Waals surface area contributed by atoms with Gasteiger partial charge in [-0.15, -0.1) is 22.7 Å². The van der Waals surface area contributed by atoms with Crippen molar-refractivity contribution in [3.8, 4) is 45.3 Å². The topological polar surface area (TPSA) is 43.0 Å². The molecule has 50 heavy (non-hydrogen) atoms. The van der Waals surface area contributed by atoms with Crippen LogP contribution >= 0.6 is 22.7 Å². The fourth-order valence-electron chi connectivity index (χ4n) is 6.13. The summed E-state index contributed by atoms with van der Waals surface area (Å²) in [5.41, 5.74) is 3.81. The molecule has 0 spiro atoms. The highest BCUT2D eigenvalue weighted by Gasteiger charge is 2.17. The van der Waals surface area contributed by atoms with Gasteiger partial charge in [0.25, 0.3) is 0 Å². The zero-order valence-electron chi connectivity index (χ0n) is 33.3. The lowest BCUT2D eigenvalue weighted by Crippen LogP contribution is -2.10. The Hall–Kier alpha value is -5.74. The van der Waals surface area contributed by atoms with Gasteiger partial charge in [-0.1, -0.05) is 124 Å². The summed E-state index contributed by atoms with van der Waals surface area (Å²) in [6.45, 7) is 13.8. The summed E-state index contributed by atoms with van der Waals surface area (Å²) >= 11 is 2.65. The number of fused-ring (bicyclic) bond motifs is 6. The predicted octanol–water partition coefficient (Wildman–Crippen LogP) is 13.1. The standard InChI is InChI=1S/C44H30N4S2/c1-44(2,3)30-18-12-26(13-19-30)41-46-42(27-14-20-31(45-4)21-15-27)48-43(47-41)29-16-22-34-36-24-28(17-23-38(36)49-39(34)25-29)32-9-7-10-35-33-8-5-6-11-37(33)50-40(32)35/h5-25H,1-3H3/i16D,17D,22D,23D,24D,25D. The van der Waals surface area contributed by atoms with Crippen LogP contribution in [0.4, 0.5) is 5.69 Å². The van der Waals surface area contributed by atoms with E-state index in [4.69, 9.17) is 21.5 Å². The van der Waals surface area contributed by atoms with Crippen LogP contribution in [-0.2, 0) is 5.41 Å². The van der Waals surface area contributed by atoms with E-state index in [1.54, 1.807) is 35.6 Å². The van der Waals surface area contributed by atoms with Crippen LogP contribution in [0.15, 0.2) is 127 Å². The van der Waals surface area contributed by atoms with Crippen molar-refractivity contribution in [2.45, 2.75) is 26.2 Å². The van der Waals surface area contributed by atoms with Crippen LogP contribution in [0.3, 0.4) is 0 Å². The Morgan fingerprint density at radius 2 is 1.22 bits per heavy atom. The van der Waals surface area contributed by atoms with E-state index in [0.29, 0.717) is 37.6 Å². The number of hydrogen-bond acceptors (Lipinski definition) is 5. The van der Waals surface area contributed by atoms with Gasteiger partial charge >= 0.3 is 0 Å². The Balaban J connectivity index is 1.29. The summed E-state index contributed by atoms with van der Waals surface area (Å²) in [5.74, 6) is 0.642. The molecule has 3 aromatic heterocycles. The number of benzene rings is 6. The normalized spacial score (nSPS) is 13.6. The highest BCUT2D eigenvalue weighted by Crippen LogP contribution is 2.43. The van der Waals surface area contributed by atoms with Gasteiger partial charge in [-0.25, -0.2) is 19.8 Å². The second kappa shape index (κ2) is 11.7. The van der Waals surface area contributed by atoms with E-state index in [1.807, 2.05) is 60.7 Å². The molecule has 9 aromatic rings. The second-order valence-electron chi connectivity index (χ2n) is 13.1. The first-order chi connectivity index (χ1) is 26.8. The van der Waals surface area contributed by atoms with Gasteiger partial charge in [0.2, 0.25) is 0 Å². The summed E-state index contributed by atoms with van der Waals surface area (Å²) < 4.78 is 58.8. The molecule has 0 bridgehead atoms. The number of nitrogens with zero attached hydrogens (tertiary/aromatic N) is 4. The lowest BCUT2D eigenvalue weighted by atomic mass is 9.87. The Morgan fingerprint density at radius 3 is 1.94 bits per heavy atom. The van der Waals surface area contributed by atoms with Crippen LogP contribution in [0.25, 0.3) is 90.5 Å². The fraction of sp³-hybridized carbons (Fsp3) is 0.0909. The highest BCUT2D eigenvalue weighted by atomic mass is 32.1. The minimum absolute atomic E-state index is 0.0106. The maximum atomic E-state index is 9.56. The average Bonchev–Trinajstić information content (AvgIpc) is 3.80. The number of hydrogen-bond donors (Lipinski definition) is 0. The Labute approximate surface area is 306 Å². The largest absolute Gasteiger partial charge is 0.238 e. The number of thiophene rings is 2. The molecular formula is C44H30N4S2. The number of aromatic nitrogens is 3. The number of rotatable bonds is 4. The van der Waals surface area contributed by atoms with Gasteiger partial charge in [0.15, 0.2) is 23.2 Å². The summed E-state index contributed by atoms with van der Waals surface area (Å²) in [6, 6.07) is 27.8.